The van der Waals surface area contributed by atoms with Gasteiger partial charge in [0.25, 0.3) is 0 Å². The fourth-order valence-corrected chi connectivity index (χ4v) is 2.34. The van der Waals surface area contributed by atoms with Gasteiger partial charge in [0.2, 0.25) is 0 Å². The number of hydrogen-bond donors (Lipinski definition) is 1. The van der Waals surface area contributed by atoms with E-state index in [0.717, 1.165) is 6.42 Å². The van der Waals surface area contributed by atoms with Crippen molar-refractivity contribution < 1.29 is 0 Å². The predicted molar refractivity (Wildman–Crippen MR) is 59.4 cm³/mol. The van der Waals surface area contributed by atoms with Gasteiger partial charge in [0, 0.05) is 17.9 Å². The van der Waals surface area contributed by atoms with E-state index in [9.17, 15) is 0 Å². The molecular weight excluding hydrogens is 172 g/mol. The Labute approximate surface area is 86.6 Å². The maximum absolute atomic E-state index is 3.38. The van der Waals surface area contributed by atoms with Crippen LogP contribution in [0.3, 0.4) is 0 Å². The van der Waals surface area contributed by atoms with Crippen LogP contribution in [0.5, 0.6) is 0 Å². The molecule has 0 saturated heterocycles. The first kappa shape index (κ1) is 9.63. The third-order valence-corrected chi connectivity index (χ3v) is 3.05. The van der Waals surface area contributed by atoms with Crippen molar-refractivity contribution in [1.29, 1.82) is 0 Å². The number of nitrogens with one attached hydrogen (secondary N) is 1. The van der Waals surface area contributed by atoms with Crippen LogP contribution in [0.15, 0.2) is 23.5 Å². The van der Waals surface area contributed by atoms with Crippen molar-refractivity contribution in [3.8, 4) is 0 Å². The summed E-state index contributed by atoms with van der Waals surface area (Å²) >= 11 is 0. The van der Waals surface area contributed by atoms with Gasteiger partial charge in [-0.3, -0.25) is 5.01 Å². The summed E-state index contributed by atoms with van der Waals surface area (Å²) in [4.78, 5) is 0. The van der Waals surface area contributed by atoms with Gasteiger partial charge in [-0.2, -0.15) is 0 Å². The third-order valence-electron chi connectivity index (χ3n) is 3.05. The predicted octanol–water partition coefficient (Wildman–Crippen LogP) is 2.95. The Morgan fingerprint density at radius 1 is 1.29 bits per heavy atom. The molecule has 0 aromatic heterocycles. The molecule has 0 aromatic rings. The molecule has 1 heterocycles. The molecule has 2 heteroatoms. The molecule has 0 spiro atoms. The van der Waals surface area contributed by atoms with Crippen LogP contribution in [0, 0.1) is 0 Å². The number of rotatable bonds is 1. The Hall–Kier alpha value is -0.920. The molecule has 2 nitrogen and oxygen atoms in total. The molecule has 0 atom stereocenters. The average Bonchev–Trinajstić information content (AvgIpc) is 2.39. The van der Waals surface area contributed by atoms with Gasteiger partial charge in [0.1, 0.15) is 0 Å². The molecule has 0 saturated carbocycles. The molecule has 1 aliphatic heterocycles. The molecule has 2 aliphatic rings. The van der Waals surface area contributed by atoms with Gasteiger partial charge in [-0.05, 0) is 51.5 Å². The van der Waals surface area contributed by atoms with Crippen molar-refractivity contribution in [3.63, 3.8) is 0 Å². The van der Waals surface area contributed by atoms with Gasteiger partial charge in [-0.25, -0.2) is 0 Å². The number of allylic oxidation sites excluding steroid dienone is 3. The molecule has 0 bridgehead atoms. The number of hydrogen-bond acceptors (Lipinski definition) is 2. The van der Waals surface area contributed by atoms with Gasteiger partial charge in [-0.1, -0.05) is 6.08 Å². The van der Waals surface area contributed by atoms with Gasteiger partial charge >= 0.3 is 0 Å². The topological polar surface area (TPSA) is 15.3 Å². The number of hydrazine groups is 1. The first-order valence-electron chi connectivity index (χ1n) is 5.70. The summed E-state index contributed by atoms with van der Waals surface area (Å²) in [6.07, 6.45) is 10.7. The van der Waals surface area contributed by atoms with Crippen LogP contribution in [-0.4, -0.2) is 11.1 Å². The molecule has 1 N–H and O–H groups in total. The summed E-state index contributed by atoms with van der Waals surface area (Å²) in [5.74, 6) is 0. The molecule has 0 unspecified atom stereocenters. The van der Waals surface area contributed by atoms with Crippen molar-refractivity contribution in [2.45, 2.75) is 52.0 Å². The first-order chi connectivity index (χ1) is 6.79. The van der Waals surface area contributed by atoms with Gasteiger partial charge in [-0.15, -0.1) is 0 Å². The van der Waals surface area contributed by atoms with Crippen molar-refractivity contribution in [2.24, 2.45) is 0 Å². The molecule has 2 rings (SSSR count). The highest BCUT2D eigenvalue weighted by Crippen LogP contribution is 2.30. The zero-order valence-corrected chi connectivity index (χ0v) is 9.21. The second-order valence-corrected chi connectivity index (χ2v) is 4.46. The maximum Gasteiger partial charge on any atom is 0.0444 e. The van der Waals surface area contributed by atoms with E-state index in [1.807, 2.05) is 0 Å². The van der Waals surface area contributed by atoms with E-state index < -0.39 is 0 Å². The minimum absolute atomic E-state index is 0.542. The minimum atomic E-state index is 0.542. The Morgan fingerprint density at radius 3 is 2.86 bits per heavy atom. The zero-order chi connectivity index (χ0) is 9.97. The Kier molecular flexibility index (Phi) is 2.80. The van der Waals surface area contributed by atoms with E-state index in [2.05, 4.69) is 36.6 Å². The second kappa shape index (κ2) is 4.07. The molecule has 0 fully saturated rings. The highest BCUT2D eigenvalue weighted by Gasteiger charge is 2.20. The smallest absolute Gasteiger partial charge is 0.0444 e. The largest absolute Gasteiger partial charge is 0.306 e. The van der Waals surface area contributed by atoms with Crippen molar-refractivity contribution in [2.75, 3.05) is 0 Å². The van der Waals surface area contributed by atoms with Gasteiger partial charge in [0.15, 0.2) is 0 Å². The summed E-state index contributed by atoms with van der Waals surface area (Å²) in [5.41, 5.74) is 6.57. The zero-order valence-electron chi connectivity index (χ0n) is 9.21. The van der Waals surface area contributed by atoms with Crippen LogP contribution in [0.25, 0.3) is 0 Å². The first-order valence-corrected chi connectivity index (χ1v) is 5.70. The lowest BCUT2D eigenvalue weighted by molar-refractivity contribution is 0.216. The van der Waals surface area contributed by atoms with Crippen LogP contribution in [-0.2, 0) is 0 Å². The van der Waals surface area contributed by atoms with E-state index in [1.165, 1.54) is 25.7 Å². The summed E-state index contributed by atoms with van der Waals surface area (Å²) in [6.45, 7) is 4.48. The highest BCUT2D eigenvalue weighted by atomic mass is 15.5. The summed E-state index contributed by atoms with van der Waals surface area (Å²) in [6, 6.07) is 0.542. The lowest BCUT2D eigenvalue weighted by atomic mass is 9.93. The maximum atomic E-state index is 3.38. The SMILES string of the molecule is CC(C)N1NC=CCC2=C1CCCC2. The van der Waals surface area contributed by atoms with Crippen LogP contribution in [0.1, 0.15) is 46.0 Å². The quantitative estimate of drug-likeness (QED) is 0.687. The van der Waals surface area contributed by atoms with Crippen LogP contribution in [0.2, 0.25) is 0 Å². The summed E-state index contributed by atoms with van der Waals surface area (Å²) in [5, 5.41) is 2.33. The molecule has 0 amide bonds. The van der Waals surface area contributed by atoms with E-state index in [-0.39, 0.29) is 0 Å². The normalized spacial score (nSPS) is 22.1. The average molecular weight is 192 g/mol. The summed E-state index contributed by atoms with van der Waals surface area (Å²) < 4.78 is 0. The molecule has 0 aromatic carbocycles. The van der Waals surface area contributed by atoms with Gasteiger partial charge in [0.05, 0.1) is 0 Å². The van der Waals surface area contributed by atoms with Crippen LogP contribution >= 0.6 is 0 Å². The Morgan fingerprint density at radius 2 is 2.07 bits per heavy atom. The highest BCUT2D eigenvalue weighted by molar-refractivity contribution is 5.21. The molecule has 14 heavy (non-hydrogen) atoms. The van der Waals surface area contributed by atoms with E-state index in [1.54, 1.807) is 11.3 Å². The fraction of sp³-hybridized carbons (Fsp3) is 0.667. The van der Waals surface area contributed by atoms with E-state index >= 15 is 0 Å². The summed E-state index contributed by atoms with van der Waals surface area (Å²) in [7, 11) is 0. The molecule has 78 valence electrons. The molecular formula is C12H20N2. The lowest BCUT2D eigenvalue weighted by Crippen LogP contribution is -2.39. The monoisotopic (exact) mass is 192 g/mol. The minimum Gasteiger partial charge on any atom is -0.306 e. The van der Waals surface area contributed by atoms with Crippen molar-refractivity contribution in [1.82, 2.24) is 10.4 Å². The fourth-order valence-electron chi connectivity index (χ4n) is 2.34. The van der Waals surface area contributed by atoms with Crippen LogP contribution < -0.4 is 5.43 Å². The van der Waals surface area contributed by atoms with E-state index in [0.29, 0.717) is 6.04 Å². The second-order valence-electron chi connectivity index (χ2n) is 4.46. The van der Waals surface area contributed by atoms with Crippen LogP contribution in [0.4, 0.5) is 0 Å². The van der Waals surface area contributed by atoms with Crippen molar-refractivity contribution >= 4 is 0 Å². The Bertz CT molecular complexity index is 263. The third kappa shape index (κ3) is 1.79. The number of nitrogens with zero attached hydrogens (tertiary/aromatic N) is 1. The van der Waals surface area contributed by atoms with Gasteiger partial charge < -0.3 is 5.43 Å². The standard InChI is InChI=1S/C12H20N2/c1-10(2)14-12-8-4-3-6-11(12)7-5-9-13-14/h5,9-10,13H,3-4,6-8H2,1-2H3. The molecule has 1 aliphatic carbocycles. The molecule has 0 radical (unpaired) electrons. The van der Waals surface area contributed by atoms with Crippen molar-refractivity contribution in [3.05, 3.63) is 23.5 Å². The van der Waals surface area contributed by atoms with E-state index in [4.69, 9.17) is 0 Å². The Balaban J connectivity index is 2.26. The lowest BCUT2D eigenvalue weighted by Gasteiger charge is -2.33.